The summed E-state index contributed by atoms with van der Waals surface area (Å²) in [6.45, 7) is 3.19. The molecule has 4 aromatic rings. The molecular weight excluding hydrogens is 458 g/mol. The summed E-state index contributed by atoms with van der Waals surface area (Å²) in [6, 6.07) is 19.9. The van der Waals surface area contributed by atoms with Gasteiger partial charge in [-0.15, -0.1) is 0 Å². The van der Waals surface area contributed by atoms with Crippen LogP contribution in [0.1, 0.15) is 22.8 Å². The molecule has 1 aliphatic heterocycles. The molecule has 0 aliphatic carbocycles. The molecule has 0 radical (unpaired) electrons. The Morgan fingerprint density at radius 3 is 2.56 bits per heavy atom. The fourth-order valence-electron chi connectivity index (χ4n) is 4.19. The molecule has 0 atom stereocenters. The van der Waals surface area contributed by atoms with Crippen molar-refractivity contribution in [3.8, 4) is 11.5 Å². The van der Waals surface area contributed by atoms with E-state index in [1.807, 2.05) is 48.6 Å². The first kappa shape index (κ1) is 23.2. The third-order valence-electron chi connectivity index (χ3n) is 6.03. The standard InChI is InChI=1S/C28H25N3O5/c1-2-30-27(33)22-12-10-20(17-23(22)29-28(30)34)26(32)31(14-6-9-19-7-4-3-5-8-19)21-11-13-24-25(18-21)36-16-15-35-24/h3-13,17-18H,2,14-16H2,1H3,(H,29,34)/b9-6+. The number of nitrogens with one attached hydrogen (secondary N) is 1. The summed E-state index contributed by atoms with van der Waals surface area (Å²) >= 11 is 0. The van der Waals surface area contributed by atoms with Crippen molar-refractivity contribution in [2.75, 3.05) is 24.7 Å². The zero-order chi connectivity index (χ0) is 25.1. The van der Waals surface area contributed by atoms with E-state index in [0.29, 0.717) is 53.4 Å². The lowest BCUT2D eigenvalue weighted by molar-refractivity contribution is 0.0989. The van der Waals surface area contributed by atoms with Crippen LogP contribution in [-0.2, 0) is 6.54 Å². The molecule has 2 heterocycles. The van der Waals surface area contributed by atoms with Gasteiger partial charge in [-0.1, -0.05) is 42.5 Å². The molecule has 0 unspecified atom stereocenters. The lowest BCUT2D eigenvalue weighted by Crippen LogP contribution is -2.35. The number of nitrogens with zero attached hydrogens (tertiary/aromatic N) is 2. The number of aromatic amines is 1. The Morgan fingerprint density at radius 2 is 1.78 bits per heavy atom. The first-order valence-electron chi connectivity index (χ1n) is 11.7. The molecule has 36 heavy (non-hydrogen) atoms. The Bertz CT molecular complexity index is 1570. The quantitative estimate of drug-likeness (QED) is 0.450. The minimum atomic E-state index is -0.505. The Hall–Kier alpha value is -4.59. The van der Waals surface area contributed by atoms with E-state index in [0.717, 1.165) is 10.1 Å². The van der Waals surface area contributed by atoms with Crippen molar-refractivity contribution in [1.82, 2.24) is 9.55 Å². The van der Waals surface area contributed by atoms with Crippen molar-refractivity contribution in [2.24, 2.45) is 0 Å². The molecule has 8 heteroatoms. The Balaban J connectivity index is 1.53. The zero-order valence-electron chi connectivity index (χ0n) is 19.8. The van der Waals surface area contributed by atoms with Gasteiger partial charge in [0.25, 0.3) is 11.5 Å². The van der Waals surface area contributed by atoms with E-state index in [1.54, 1.807) is 42.2 Å². The monoisotopic (exact) mass is 483 g/mol. The van der Waals surface area contributed by atoms with E-state index in [9.17, 15) is 14.4 Å². The highest BCUT2D eigenvalue weighted by Crippen LogP contribution is 2.34. The van der Waals surface area contributed by atoms with Crippen molar-refractivity contribution in [2.45, 2.75) is 13.5 Å². The van der Waals surface area contributed by atoms with E-state index in [4.69, 9.17) is 9.47 Å². The molecule has 1 amide bonds. The number of fused-ring (bicyclic) bond motifs is 2. The van der Waals surface area contributed by atoms with Crippen molar-refractivity contribution in [3.05, 3.63) is 105 Å². The van der Waals surface area contributed by atoms with Gasteiger partial charge in [0.15, 0.2) is 11.5 Å². The van der Waals surface area contributed by atoms with Crippen LogP contribution in [-0.4, -0.2) is 35.2 Å². The number of rotatable bonds is 6. The van der Waals surface area contributed by atoms with Crippen molar-refractivity contribution >= 4 is 28.6 Å². The second-order valence-electron chi connectivity index (χ2n) is 8.30. The fourth-order valence-corrected chi connectivity index (χ4v) is 4.19. The van der Waals surface area contributed by atoms with E-state index >= 15 is 0 Å². The van der Waals surface area contributed by atoms with Crippen LogP contribution in [0.5, 0.6) is 11.5 Å². The maximum Gasteiger partial charge on any atom is 0.328 e. The van der Waals surface area contributed by atoms with Crippen LogP contribution in [0.25, 0.3) is 17.0 Å². The Labute approximate surface area is 207 Å². The normalized spacial score (nSPS) is 12.7. The molecule has 0 saturated carbocycles. The third-order valence-corrected chi connectivity index (χ3v) is 6.03. The molecule has 8 nitrogen and oxygen atoms in total. The van der Waals surface area contributed by atoms with Gasteiger partial charge in [-0.3, -0.25) is 14.2 Å². The predicted octanol–water partition coefficient (Wildman–Crippen LogP) is 3.84. The lowest BCUT2D eigenvalue weighted by atomic mass is 10.1. The molecule has 0 bridgehead atoms. The van der Waals surface area contributed by atoms with Crippen LogP contribution in [0.2, 0.25) is 0 Å². The Morgan fingerprint density at radius 1 is 1.00 bits per heavy atom. The van der Waals surface area contributed by atoms with Gasteiger partial charge in [0.2, 0.25) is 0 Å². The van der Waals surface area contributed by atoms with Gasteiger partial charge in [-0.05, 0) is 42.8 Å². The third kappa shape index (κ3) is 4.53. The topological polar surface area (TPSA) is 93.6 Å². The molecular formula is C28H25N3O5. The highest BCUT2D eigenvalue weighted by Gasteiger charge is 2.21. The number of hydrogen-bond acceptors (Lipinski definition) is 5. The molecule has 0 fully saturated rings. The summed E-state index contributed by atoms with van der Waals surface area (Å²) in [7, 11) is 0. The molecule has 5 rings (SSSR count). The first-order valence-corrected chi connectivity index (χ1v) is 11.7. The van der Waals surface area contributed by atoms with Gasteiger partial charge in [0.1, 0.15) is 13.2 Å². The number of hydrogen-bond donors (Lipinski definition) is 1. The molecule has 1 N–H and O–H groups in total. The summed E-state index contributed by atoms with van der Waals surface area (Å²) in [4.78, 5) is 43.0. The number of benzene rings is 3. The van der Waals surface area contributed by atoms with Crippen LogP contribution in [0, 0.1) is 0 Å². The summed E-state index contributed by atoms with van der Waals surface area (Å²) in [6.07, 6.45) is 3.86. The maximum atomic E-state index is 13.7. The van der Waals surface area contributed by atoms with E-state index in [-0.39, 0.29) is 18.0 Å². The SMILES string of the molecule is CCn1c(=O)[nH]c2cc(C(=O)N(C/C=C/c3ccccc3)c3ccc4c(c3)OCCO4)ccc2c1=O. The molecule has 0 saturated heterocycles. The lowest BCUT2D eigenvalue weighted by Gasteiger charge is -2.25. The van der Waals surface area contributed by atoms with Crippen LogP contribution in [0.15, 0.2) is 82.4 Å². The smallest absolute Gasteiger partial charge is 0.328 e. The number of amides is 1. The second kappa shape index (κ2) is 9.95. The van der Waals surface area contributed by atoms with Gasteiger partial charge >= 0.3 is 5.69 Å². The summed E-state index contributed by atoms with van der Waals surface area (Å²) < 4.78 is 12.5. The predicted molar refractivity (Wildman–Crippen MR) is 139 cm³/mol. The number of H-pyrrole nitrogens is 1. The number of ether oxygens (including phenoxy) is 2. The van der Waals surface area contributed by atoms with E-state index in [2.05, 4.69) is 4.98 Å². The van der Waals surface area contributed by atoms with Crippen molar-refractivity contribution in [1.29, 1.82) is 0 Å². The highest BCUT2D eigenvalue weighted by molar-refractivity contribution is 6.08. The molecule has 182 valence electrons. The first-order chi connectivity index (χ1) is 17.5. The van der Waals surface area contributed by atoms with E-state index < -0.39 is 5.69 Å². The van der Waals surface area contributed by atoms with Crippen LogP contribution >= 0.6 is 0 Å². The molecule has 1 aliphatic rings. The minimum Gasteiger partial charge on any atom is -0.486 e. The average Bonchev–Trinajstić information content (AvgIpc) is 2.91. The van der Waals surface area contributed by atoms with Gasteiger partial charge < -0.3 is 19.4 Å². The number of carbonyl (C=O) groups is 1. The van der Waals surface area contributed by atoms with Crippen LogP contribution in [0.4, 0.5) is 5.69 Å². The largest absolute Gasteiger partial charge is 0.486 e. The summed E-state index contributed by atoms with van der Waals surface area (Å²) in [5, 5.41) is 0.350. The second-order valence-corrected chi connectivity index (χ2v) is 8.30. The average molecular weight is 484 g/mol. The van der Waals surface area contributed by atoms with Gasteiger partial charge in [-0.2, -0.15) is 0 Å². The molecule has 0 spiro atoms. The Kier molecular flexibility index (Phi) is 6.40. The molecule has 3 aromatic carbocycles. The zero-order valence-corrected chi connectivity index (χ0v) is 19.8. The highest BCUT2D eigenvalue weighted by atomic mass is 16.6. The number of aromatic nitrogens is 2. The van der Waals surface area contributed by atoms with Crippen molar-refractivity contribution in [3.63, 3.8) is 0 Å². The van der Waals surface area contributed by atoms with Crippen LogP contribution in [0.3, 0.4) is 0 Å². The van der Waals surface area contributed by atoms with E-state index in [1.165, 1.54) is 0 Å². The minimum absolute atomic E-state index is 0.260. The van der Waals surface area contributed by atoms with Crippen molar-refractivity contribution < 1.29 is 14.3 Å². The number of carbonyl (C=O) groups excluding carboxylic acids is 1. The molecule has 1 aromatic heterocycles. The summed E-state index contributed by atoms with van der Waals surface area (Å²) in [5.74, 6) is 0.922. The summed E-state index contributed by atoms with van der Waals surface area (Å²) in [5.41, 5.74) is 1.43. The van der Waals surface area contributed by atoms with Gasteiger partial charge in [0.05, 0.1) is 10.9 Å². The van der Waals surface area contributed by atoms with Gasteiger partial charge in [0, 0.05) is 30.4 Å². The number of anilines is 1. The maximum absolute atomic E-state index is 13.7. The fraction of sp³-hybridized carbons (Fsp3) is 0.179. The van der Waals surface area contributed by atoms with Crippen LogP contribution < -0.4 is 25.6 Å². The van der Waals surface area contributed by atoms with Gasteiger partial charge in [-0.25, -0.2) is 4.79 Å².